The van der Waals surface area contributed by atoms with Crippen LogP contribution >= 0.6 is 0 Å². The van der Waals surface area contributed by atoms with Crippen molar-refractivity contribution in [1.82, 2.24) is 9.55 Å². The number of rotatable bonds is 4. The monoisotopic (exact) mass is 167 g/mol. The maximum absolute atomic E-state index is 4.19. The number of imidazole rings is 1. The Hall–Kier alpha value is -0.990. The van der Waals surface area contributed by atoms with Gasteiger partial charge in [0.05, 0.1) is 0 Å². The first-order valence-electron chi connectivity index (χ1n) is 4.48. The average molecular weight is 167 g/mol. The van der Waals surface area contributed by atoms with E-state index in [1.165, 1.54) is 12.8 Å². The Morgan fingerprint density at radius 3 is 2.92 bits per heavy atom. The highest BCUT2D eigenvalue weighted by Gasteiger charge is 2.02. The van der Waals surface area contributed by atoms with Crippen LogP contribution in [-0.4, -0.2) is 15.6 Å². The molecule has 0 spiro atoms. The SMILES string of the molecule is CCCC(C)Nc1nccn1C. The first kappa shape index (κ1) is 9.10. The molecule has 3 heteroatoms. The molecule has 0 amide bonds. The maximum Gasteiger partial charge on any atom is 0.202 e. The van der Waals surface area contributed by atoms with Crippen LogP contribution in [0.4, 0.5) is 5.95 Å². The number of hydrogen-bond acceptors (Lipinski definition) is 2. The molecule has 0 saturated heterocycles. The van der Waals surface area contributed by atoms with Gasteiger partial charge in [-0.25, -0.2) is 4.98 Å². The lowest BCUT2D eigenvalue weighted by Crippen LogP contribution is -2.17. The average Bonchev–Trinajstić information content (AvgIpc) is 2.37. The van der Waals surface area contributed by atoms with Crippen molar-refractivity contribution < 1.29 is 0 Å². The molecule has 68 valence electrons. The Kier molecular flexibility index (Phi) is 3.14. The van der Waals surface area contributed by atoms with Gasteiger partial charge in [0, 0.05) is 25.5 Å². The van der Waals surface area contributed by atoms with E-state index in [0.717, 1.165) is 5.95 Å². The summed E-state index contributed by atoms with van der Waals surface area (Å²) in [6, 6.07) is 0.510. The number of nitrogens with zero attached hydrogens (tertiary/aromatic N) is 2. The molecule has 1 atom stereocenters. The van der Waals surface area contributed by atoms with Crippen molar-refractivity contribution in [2.24, 2.45) is 7.05 Å². The third kappa shape index (κ3) is 2.26. The van der Waals surface area contributed by atoms with Gasteiger partial charge in [0.2, 0.25) is 5.95 Å². The lowest BCUT2D eigenvalue weighted by Gasteiger charge is -2.12. The molecule has 0 fully saturated rings. The van der Waals surface area contributed by atoms with Gasteiger partial charge in [-0.1, -0.05) is 13.3 Å². The summed E-state index contributed by atoms with van der Waals surface area (Å²) in [6.07, 6.45) is 6.15. The molecule has 0 aliphatic rings. The third-order valence-electron chi connectivity index (χ3n) is 1.92. The fourth-order valence-corrected chi connectivity index (χ4v) is 1.23. The van der Waals surface area contributed by atoms with Gasteiger partial charge in [0.25, 0.3) is 0 Å². The van der Waals surface area contributed by atoms with Gasteiger partial charge >= 0.3 is 0 Å². The zero-order chi connectivity index (χ0) is 8.97. The van der Waals surface area contributed by atoms with Crippen molar-refractivity contribution in [2.45, 2.75) is 32.7 Å². The molecule has 1 heterocycles. The summed E-state index contributed by atoms with van der Waals surface area (Å²) >= 11 is 0. The summed E-state index contributed by atoms with van der Waals surface area (Å²) in [5, 5.41) is 3.34. The van der Waals surface area contributed by atoms with E-state index < -0.39 is 0 Å². The van der Waals surface area contributed by atoms with Gasteiger partial charge in [0.1, 0.15) is 0 Å². The lowest BCUT2D eigenvalue weighted by molar-refractivity contribution is 0.678. The highest BCUT2D eigenvalue weighted by molar-refractivity contribution is 5.26. The number of hydrogen-bond donors (Lipinski definition) is 1. The third-order valence-corrected chi connectivity index (χ3v) is 1.92. The van der Waals surface area contributed by atoms with Crippen molar-refractivity contribution in [3.63, 3.8) is 0 Å². The molecule has 0 bridgehead atoms. The number of aromatic nitrogens is 2. The quantitative estimate of drug-likeness (QED) is 0.743. The molecule has 0 aliphatic heterocycles. The molecule has 1 aromatic heterocycles. The molecule has 0 saturated carbocycles. The van der Waals surface area contributed by atoms with Crippen LogP contribution in [0.25, 0.3) is 0 Å². The summed E-state index contributed by atoms with van der Waals surface area (Å²) < 4.78 is 1.99. The lowest BCUT2D eigenvalue weighted by atomic mass is 10.2. The Morgan fingerprint density at radius 2 is 2.42 bits per heavy atom. The van der Waals surface area contributed by atoms with E-state index in [1.807, 2.05) is 17.8 Å². The Balaban J connectivity index is 2.46. The molecule has 12 heavy (non-hydrogen) atoms. The molecule has 3 nitrogen and oxygen atoms in total. The van der Waals surface area contributed by atoms with E-state index in [-0.39, 0.29) is 0 Å². The van der Waals surface area contributed by atoms with Gasteiger partial charge < -0.3 is 9.88 Å². The second-order valence-corrected chi connectivity index (χ2v) is 3.20. The normalized spacial score (nSPS) is 12.9. The van der Waals surface area contributed by atoms with Gasteiger partial charge in [-0.2, -0.15) is 0 Å². The van der Waals surface area contributed by atoms with E-state index in [2.05, 4.69) is 24.1 Å². The summed E-state index contributed by atoms with van der Waals surface area (Å²) in [7, 11) is 1.99. The van der Waals surface area contributed by atoms with E-state index in [4.69, 9.17) is 0 Å². The molecule has 1 unspecified atom stereocenters. The van der Waals surface area contributed by atoms with Crippen molar-refractivity contribution in [2.75, 3.05) is 5.32 Å². The smallest absolute Gasteiger partial charge is 0.202 e. The van der Waals surface area contributed by atoms with Crippen molar-refractivity contribution in [3.8, 4) is 0 Å². The van der Waals surface area contributed by atoms with Gasteiger partial charge in [-0.15, -0.1) is 0 Å². The summed E-state index contributed by atoms with van der Waals surface area (Å²) in [4.78, 5) is 4.19. The molecular weight excluding hydrogens is 150 g/mol. The Labute approximate surface area is 73.8 Å². The number of anilines is 1. The molecule has 0 radical (unpaired) electrons. The summed E-state index contributed by atoms with van der Waals surface area (Å²) in [6.45, 7) is 4.37. The van der Waals surface area contributed by atoms with Gasteiger partial charge in [-0.3, -0.25) is 0 Å². The highest BCUT2D eigenvalue weighted by Crippen LogP contribution is 2.06. The predicted molar refractivity (Wildman–Crippen MR) is 51.2 cm³/mol. The van der Waals surface area contributed by atoms with Crippen LogP contribution in [0, 0.1) is 0 Å². The minimum Gasteiger partial charge on any atom is -0.353 e. The molecule has 1 aromatic rings. The minimum atomic E-state index is 0.510. The summed E-state index contributed by atoms with van der Waals surface area (Å²) in [5.74, 6) is 0.955. The van der Waals surface area contributed by atoms with Gasteiger partial charge in [-0.05, 0) is 13.3 Å². The molecule has 0 aromatic carbocycles. The highest BCUT2D eigenvalue weighted by atomic mass is 15.2. The second kappa shape index (κ2) is 4.14. The van der Waals surface area contributed by atoms with E-state index in [0.29, 0.717) is 6.04 Å². The topological polar surface area (TPSA) is 29.9 Å². The van der Waals surface area contributed by atoms with Crippen LogP contribution in [0.1, 0.15) is 26.7 Å². The molecule has 1 N–H and O–H groups in total. The fraction of sp³-hybridized carbons (Fsp3) is 0.667. The number of aryl methyl sites for hydroxylation is 1. The molecule has 0 aliphatic carbocycles. The van der Waals surface area contributed by atoms with Crippen LogP contribution in [0.15, 0.2) is 12.4 Å². The maximum atomic E-state index is 4.19. The zero-order valence-electron chi connectivity index (χ0n) is 8.04. The second-order valence-electron chi connectivity index (χ2n) is 3.20. The molecule has 1 rings (SSSR count). The number of nitrogens with one attached hydrogen (secondary N) is 1. The van der Waals surface area contributed by atoms with E-state index >= 15 is 0 Å². The largest absolute Gasteiger partial charge is 0.353 e. The van der Waals surface area contributed by atoms with Crippen molar-refractivity contribution in [1.29, 1.82) is 0 Å². The summed E-state index contributed by atoms with van der Waals surface area (Å²) in [5.41, 5.74) is 0. The zero-order valence-corrected chi connectivity index (χ0v) is 8.04. The first-order valence-corrected chi connectivity index (χ1v) is 4.48. The fourth-order valence-electron chi connectivity index (χ4n) is 1.23. The Bertz CT molecular complexity index is 229. The molecular formula is C9H17N3. The van der Waals surface area contributed by atoms with Crippen LogP contribution in [0.5, 0.6) is 0 Å². The van der Waals surface area contributed by atoms with Crippen molar-refractivity contribution in [3.05, 3.63) is 12.4 Å². The van der Waals surface area contributed by atoms with Crippen LogP contribution in [-0.2, 0) is 7.05 Å². The Morgan fingerprint density at radius 1 is 1.67 bits per heavy atom. The first-order chi connectivity index (χ1) is 5.74. The van der Waals surface area contributed by atoms with Crippen molar-refractivity contribution >= 4 is 5.95 Å². The van der Waals surface area contributed by atoms with Crippen LogP contribution < -0.4 is 5.32 Å². The van der Waals surface area contributed by atoms with Crippen LogP contribution in [0.3, 0.4) is 0 Å². The predicted octanol–water partition coefficient (Wildman–Crippen LogP) is 2.02. The van der Waals surface area contributed by atoms with Crippen LogP contribution in [0.2, 0.25) is 0 Å². The standard InChI is InChI=1S/C9H17N3/c1-4-5-8(2)11-9-10-6-7-12(9)3/h6-8H,4-5H2,1-3H3,(H,10,11). The minimum absolute atomic E-state index is 0.510. The van der Waals surface area contributed by atoms with E-state index in [9.17, 15) is 0 Å². The van der Waals surface area contributed by atoms with Gasteiger partial charge in [0.15, 0.2) is 0 Å². The van der Waals surface area contributed by atoms with E-state index in [1.54, 1.807) is 6.20 Å².